The molecule has 2 aromatic heterocycles. The zero-order chi connectivity index (χ0) is 25.6. The van der Waals surface area contributed by atoms with Gasteiger partial charge in [0.25, 0.3) is 0 Å². The number of ether oxygens (including phenoxy) is 1. The monoisotopic (exact) mass is 520 g/mol. The van der Waals surface area contributed by atoms with Gasteiger partial charge in [0.1, 0.15) is 5.82 Å². The van der Waals surface area contributed by atoms with E-state index in [0.29, 0.717) is 24.9 Å². The molecule has 4 atom stereocenters. The van der Waals surface area contributed by atoms with Gasteiger partial charge in [-0.05, 0) is 92.9 Å². The first-order chi connectivity index (χ1) is 17.9. The van der Waals surface area contributed by atoms with Crippen molar-refractivity contribution in [1.29, 1.82) is 0 Å². The number of nitrogens with one attached hydrogen (secondary N) is 1. The number of carbonyl (C=O) groups excluding carboxylic acids is 1. The topological polar surface area (TPSA) is 87.6 Å². The van der Waals surface area contributed by atoms with E-state index >= 15 is 0 Å². The molecule has 1 aromatic carbocycles. The van der Waals surface area contributed by atoms with Gasteiger partial charge in [0.15, 0.2) is 0 Å². The minimum absolute atomic E-state index is 0.00175. The van der Waals surface area contributed by atoms with Crippen molar-refractivity contribution in [2.75, 3.05) is 31.6 Å². The Labute approximate surface area is 222 Å². The van der Waals surface area contributed by atoms with Crippen molar-refractivity contribution in [2.24, 2.45) is 5.92 Å². The maximum absolute atomic E-state index is 13.0. The second-order valence-electron chi connectivity index (χ2n) is 11.0. The zero-order valence-electron chi connectivity index (χ0n) is 21.1. The number of piperidine rings is 1. The minimum atomic E-state index is -0.450. The second kappa shape index (κ2) is 9.95. The summed E-state index contributed by atoms with van der Waals surface area (Å²) in [5, 5.41) is 16.2. The van der Waals surface area contributed by atoms with Gasteiger partial charge < -0.3 is 15.2 Å². The molecule has 3 fully saturated rings. The Morgan fingerprint density at radius 1 is 1.14 bits per heavy atom. The highest BCUT2D eigenvalue weighted by atomic mass is 35.5. The van der Waals surface area contributed by atoms with Crippen molar-refractivity contribution in [3.05, 3.63) is 65.1 Å². The van der Waals surface area contributed by atoms with Gasteiger partial charge in [-0.15, -0.1) is 0 Å². The lowest BCUT2D eigenvalue weighted by atomic mass is 9.71. The summed E-state index contributed by atoms with van der Waals surface area (Å²) in [5.74, 6) is 0.995. The Balaban J connectivity index is 1.16. The van der Waals surface area contributed by atoms with E-state index in [2.05, 4.69) is 33.2 Å². The van der Waals surface area contributed by atoms with Crippen molar-refractivity contribution in [3.8, 4) is 0 Å². The molecular formula is C29H33ClN4O3. The number of halogens is 1. The van der Waals surface area contributed by atoms with Crippen molar-refractivity contribution < 1.29 is 14.6 Å². The van der Waals surface area contributed by atoms with Crippen molar-refractivity contribution in [1.82, 2.24) is 14.9 Å². The average molecular weight is 521 g/mol. The first kappa shape index (κ1) is 24.7. The molecule has 2 N–H and O–H groups in total. The number of carbonyl (C=O) groups is 1. The molecule has 1 aliphatic carbocycles. The first-order valence-corrected chi connectivity index (χ1v) is 13.6. The number of likely N-dealkylation sites (tertiary alicyclic amines) is 1. The fourth-order valence-corrected chi connectivity index (χ4v) is 6.53. The summed E-state index contributed by atoms with van der Waals surface area (Å²) in [6.07, 6.45) is 6.90. The summed E-state index contributed by atoms with van der Waals surface area (Å²) < 4.78 is 5.55. The van der Waals surface area contributed by atoms with Crippen molar-refractivity contribution in [2.45, 2.75) is 56.1 Å². The molecule has 1 amide bonds. The SMILES string of the molecule is CC1(N2CCC(c3cc4cc(NC(=O)C5CCC5c5ccccn5)ncc4cc3Cl)CC2)COCC1O. The van der Waals surface area contributed by atoms with E-state index < -0.39 is 6.10 Å². The fraction of sp³-hybridized carbons (Fsp3) is 0.483. The Kier molecular flexibility index (Phi) is 6.65. The van der Waals surface area contributed by atoms with E-state index in [1.165, 1.54) is 0 Å². The molecule has 2 saturated heterocycles. The van der Waals surface area contributed by atoms with Crippen LogP contribution in [0.25, 0.3) is 10.8 Å². The normalized spacial score (nSPS) is 28.8. The highest BCUT2D eigenvalue weighted by molar-refractivity contribution is 6.32. The Hall–Kier alpha value is -2.58. The highest BCUT2D eigenvalue weighted by Crippen LogP contribution is 2.42. The number of pyridine rings is 2. The molecule has 3 aliphatic rings. The number of rotatable bonds is 5. The molecule has 8 heteroatoms. The van der Waals surface area contributed by atoms with Gasteiger partial charge in [0, 0.05) is 40.3 Å². The predicted molar refractivity (Wildman–Crippen MR) is 144 cm³/mol. The highest BCUT2D eigenvalue weighted by Gasteiger charge is 2.45. The van der Waals surface area contributed by atoms with Crippen LogP contribution in [0, 0.1) is 5.92 Å². The third-order valence-corrected chi connectivity index (χ3v) is 9.14. The second-order valence-corrected chi connectivity index (χ2v) is 11.4. The van der Waals surface area contributed by atoms with Gasteiger partial charge in [-0.3, -0.25) is 14.7 Å². The molecule has 0 spiro atoms. The standard InChI is InChI=1S/C29H33ClN4O3/c1-29(17-37-16-26(29)35)34-10-7-18(8-11-34)23-12-19-14-27(32-15-20(19)13-24(23)30)33-28(36)22-6-5-21(22)25-4-2-3-9-31-25/h2-4,9,12-15,18,21-22,26,35H,5-8,10-11,16-17H2,1H3,(H,32,33,36). The van der Waals surface area contributed by atoms with Crippen LogP contribution in [0.3, 0.4) is 0 Å². The van der Waals surface area contributed by atoms with Crippen LogP contribution in [0.2, 0.25) is 5.02 Å². The molecule has 6 rings (SSSR count). The molecule has 7 nitrogen and oxygen atoms in total. The van der Waals surface area contributed by atoms with Crippen LogP contribution >= 0.6 is 11.6 Å². The molecule has 0 bridgehead atoms. The van der Waals surface area contributed by atoms with Crippen LogP contribution in [0.1, 0.15) is 55.7 Å². The molecule has 4 unspecified atom stereocenters. The van der Waals surface area contributed by atoms with Gasteiger partial charge in [0.05, 0.1) is 24.9 Å². The van der Waals surface area contributed by atoms with E-state index in [-0.39, 0.29) is 23.3 Å². The molecule has 0 radical (unpaired) electrons. The zero-order valence-corrected chi connectivity index (χ0v) is 21.8. The fourth-order valence-electron chi connectivity index (χ4n) is 6.20. The Bertz CT molecular complexity index is 1300. The smallest absolute Gasteiger partial charge is 0.229 e. The average Bonchev–Trinajstić information content (AvgIpc) is 3.23. The van der Waals surface area contributed by atoms with Crippen molar-refractivity contribution >= 4 is 34.1 Å². The Morgan fingerprint density at radius 2 is 1.97 bits per heavy atom. The number of amides is 1. The lowest BCUT2D eigenvalue weighted by molar-refractivity contribution is -0.123. The lowest BCUT2D eigenvalue weighted by Crippen LogP contribution is -2.56. The summed E-state index contributed by atoms with van der Waals surface area (Å²) in [4.78, 5) is 24.3. The van der Waals surface area contributed by atoms with E-state index in [1.54, 1.807) is 12.4 Å². The maximum Gasteiger partial charge on any atom is 0.229 e. The first-order valence-electron chi connectivity index (χ1n) is 13.2. The number of nitrogens with zero attached hydrogens (tertiary/aromatic N) is 3. The largest absolute Gasteiger partial charge is 0.389 e. The van der Waals surface area contributed by atoms with Crippen LogP contribution < -0.4 is 5.32 Å². The number of hydrogen-bond acceptors (Lipinski definition) is 6. The van der Waals surface area contributed by atoms with E-state index in [1.807, 2.05) is 30.3 Å². The maximum atomic E-state index is 13.0. The van der Waals surface area contributed by atoms with Gasteiger partial charge in [-0.2, -0.15) is 0 Å². The Morgan fingerprint density at radius 3 is 2.65 bits per heavy atom. The third-order valence-electron chi connectivity index (χ3n) is 8.81. The lowest BCUT2D eigenvalue weighted by Gasteiger charge is -2.43. The number of anilines is 1. The molecule has 1 saturated carbocycles. The van der Waals surface area contributed by atoms with E-state index in [4.69, 9.17) is 16.3 Å². The van der Waals surface area contributed by atoms with Crippen LogP contribution in [-0.2, 0) is 9.53 Å². The number of aliphatic hydroxyl groups excluding tert-OH is 1. The minimum Gasteiger partial charge on any atom is -0.389 e. The van der Waals surface area contributed by atoms with Crippen LogP contribution in [-0.4, -0.2) is 63.8 Å². The number of aromatic nitrogens is 2. The number of aliphatic hydroxyl groups is 1. The summed E-state index contributed by atoms with van der Waals surface area (Å²) in [6, 6.07) is 12.0. The number of hydrogen-bond donors (Lipinski definition) is 2. The van der Waals surface area contributed by atoms with Crippen molar-refractivity contribution in [3.63, 3.8) is 0 Å². The van der Waals surface area contributed by atoms with Crippen LogP contribution in [0.5, 0.6) is 0 Å². The molecule has 3 aromatic rings. The van der Waals surface area contributed by atoms with Gasteiger partial charge >= 0.3 is 0 Å². The number of fused-ring (bicyclic) bond motifs is 1. The molecule has 2 aliphatic heterocycles. The number of benzene rings is 1. The summed E-state index contributed by atoms with van der Waals surface area (Å²) in [5.41, 5.74) is 1.81. The summed E-state index contributed by atoms with van der Waals surface area (Å²) >= 11 is 6.74. The van der Waals surface area contributed by atoms with E-state index in [0.717, 1.165) is 65.8 Å². The van der Waals surface area contributed by atoms with Gasteiger partial charge in [-0.25, -0.2) is 4.98 Å². The molecule has 4 heterocycles. The quantitative estimate of drug-likeness (QED) is 0.505. The van der Waals surface area contributed by atoms with Crippen LogP contribution in [0.4, 0.5) is 5.82 Å². The molecule has 194 valence electrons. The summed E-state index contributed by atoms with van der Waals surface area (Å²) in [7, 11) is 0. The van der Waals surface area contributed by atoms with Gasteiger partial charge in [0.2, 0.25) is 5.91 Å². The van der Waals surface area contributed by atoms with E-state index in [9.17, 15) is 9.90 Å². The van der Waals surface area contributed by atoms with Gasteiger partial charge in [-0.1, -0.05) is 17.7 Å². The predicted octanol–water partition coefficient (Wildman–Crippen LogP) is 4.74. The summed E-state index contributed by atoms with van der Waals surface area (Å²) in [6.45, 7) is 4.86. The van der Waals surface area contributed by atoms with Crippen LogP contribution in [0.15, 0.2) is 48.8 Å². The molecular weight excluding hydrogens is 488 g/mol. The molecule has 37 heavy (non-hydrogen) atoms. The third kappa shape index (κ3) is 4.63.